The highest BCUT2D eigenvalue weighted by Gasteiger charge is 2.04. The van der Waals surface area contributed by atoms with Gasteiger partial charge in [0.2, 0.25) is 0 Å². The van der Waals surface area contributed by atoms with Crippen LogP contribution in [0.5, 0.6) is 0 Å². The minimum absolute atomic E-state index is 0.0301. The second-order valence-electron chi connectivity index (χ2n) is 3.07. The Bertz CT molecular complexity index is 542. The molecule has 0 spiro atoms. The van der Waals surface area contributed by atoms with Gasteiger partial charge in [-0.25, -0.2) is 0 Å². The first kappa shape index (κ1) is 9.92. The van der Waals surface area contributed by atoms with Gasteiger partial charge in [-0.05, 0) is 12.1 Å². The molecule has 0 fully saturated rings. The first-order valence-corrected chi connectivity index (χ1v) is 5.39. The summed E-state index contributed by atoms with van der Waals surface area (Å²) in [6.45, 7) is 0.549. The topological polar surface area (TPSA) is 54.6 Å². The number of benzene rings is 1. The summed E-state index contributed by atoms with van der Waals surface area (Å²) in [6, 6.07) is 7.67. The average molecular weight is 222 g/mol. The van der Waals surface area contributed by atoms with Crippen LogP contribution in [0.4, 0.5) is 0 Å². The second-order valence-corrected chi connectivity index (χ2v) is 4.07. The Balaban J connectivity index is 2.41. The van der Waals surface area contributed by atoms with Crippen molar-refractivity contribution in [1.29, 1.82) is 0 Å². The number of oxime groups is 1. The number of fused-ring (bicyclic) bond motifs is 1. The van der Waals surface area contributed by atoms with Crippen LogP contribution < -0.4 is 4.87 Å². The molecule has 0 amide bonds. The van der Waals surface area contributed by atoms with E-state index in [1.807, 2.05) is 24.3 Å². The molecule has 0 saturated carbocycles. The van der Waals surface area contributed by atoms with Crippen molar-refractivity contribution in [1.82, 2.24) is 4.57 Å². The van der Waals surface area contributed by atoms with Gasteiger partial charge in [0, 0.05) is 19.2 Å². The fourth-order valence-corrected chi connectivity index (χ4v) is 2.39. The highest BCUT2D eigenvalue weighted by Crippen LogP contribution is 2.16. The molecule has 0 radical (unpaired) electrons. The number of hydrogen-bond donors (Lipinski definition) is 1. The zero-order valence-electron chi connectivity index (χ0n) is 7.96. The Morgan fingerprint density at radius 3 is 3.07 bits per heavy atom. The Morgan fingerprint density at radius 1 is 1.47 bits per heavy atom. The van der Waals surface area contributed by atoms with E-state index in [9.17, 15) is 4.79 Å². The van der Waals surface area contributed by atoms with Crippen LogP contribution in [0, 0.1) is 0 Å². The van der Waals surface area contributed by atoms with E-state index in [0.717, 1.165) is 10.2 Å². The lowest BCUT2D eigenvalue weighted by molar-refractivity contribution is 0.320. The van der Waals surface area contributed by atoms with Crippen LogP contribution in [0.15, 0.2) is 34.2 Å². The van der Waals surface area contributed by atoms with Crippen LogP contribution in [0.2, 0.25) is 0 Å². The Morgan fingerprint density at radius 2 is 2.27 bits per heavy atom. The molecule has 0 saturated heterocycles. The second kappa shape index (κ2) is 4.27. The van der Waals surface area contributed by atoms with Crippen LogP contribution in [0.25, 0.3) is 10.2 Å². The summed E-state index contributed by atoms with van der Waals surface area (Å²) >= 11 is 1.24. The molecule has 2 aromatic rings. The maximum absolute atomic E-state index is 11.6. The van der Waals surface area contributed by atoms with E-state index in [2.05, 4.69) is 5.16 Å². The number of hydrogen-bond acceptors (Lipinski definition) is 4. The molecule has 5 heteroatoms. The van der Waals surface area contributed by atoms with Crippen LogP contribution in [-0.2, 0) is 6.54 Å². The van der Waals surface area contributed by atoms with Crippen molar-refractivity contribution >= 4 is 27.8 Å². The van der Waals surface area contributed by atoms with Gasteiger partial charge in [-0.1, -0.05) is 23.5 Å². The molecule has 0 atom stereocenters. The van der Waals surface area contributed by atoms with Gasteiger partial charge in [0.25, 0.3) is 0 Å². The van der Waals surface area contributed by atoms with Crippen molar-refractivity contribution in [3.63, 3.8) is 0 Å². The van der Waals surface area contributed by atoms with Crippen molar-refractivity contribution in [2.75, 3.05) is 0 Å². The fourth-order valence-electron chi connectivity index (χ4n) is 1.47. The first-order chi connectivity index (χ1) is 7.33. The maximum Gasteiger partial charge on any atom is 0.308 e. The number of aryl methyl sites for hydroxylation is 1. The first-order valence-electron chi connectivity index (χ1n) is 4.57. The highest BCUT2D eigenvalue weighted by atomic mass is 32.1. The maximum atomic E-state index is 11.6. The zero-order chi connectivity index (χ0) is 10.7. The molecule has 1 heterocycles. The van der Waals surface area contributed by atoms with Gasteiger partial charge in [0.1, 0.15) is 0 Å². The Hall–Kier alpha value is -1.62. The minimum Gasteiger partial charge on any atom is -0.411 e. The molecule has 0 bridgehead atoms. The van der Waals surface area contributed by atoms with E-state index in [1.54, 1.807) is 4.57 Å². The third-order valence-electron chi connectivity index (χ3n) is 2.14. The summed E-state index contributed by atoms with van der Waals surface area (Å²) in [7, 11) is 0. The lowest BCUT2D eigenvalue weighted by Gasteiger charge is -1.99. The molecule has 0 aliphatic heterocycles. The minimum atomic E-state index is 0.0301. The number of aromatic nitrogens is 1. The van der Waals surface area contributed by atoms with Crippen LogP contribution in [-0.4, -0.2) is 16.0 Å². The van der Waals surface area contributed by atoms with Gasteiger partial charge in [0.05, 0.1) is 10.2 Å². The smallest absolute Gasteiger partial charge is 0.308 e. The van der Waals surface area contributed by atoms with Crippen LogP contribution in [0.1, 0.15) is 6.42 Å². The van der Waals surface area contributed by atoms with Crippen LogP contribution in [0.3, 0.4) is 0 Å². The molecule has 1 aromatic carbocycles. The predicted molar refractivity (Wildman–Crippen MR) is 61.0 cm³/mol. The number of nitrogens with zero attached hydrogens (tertiary/aromatic N) is 2. The summed E-state index contributed by atoms with van der Waals surface area (Å²) in [5, 5.41) is 11.2. The van der Waals surface area contributed by atoms with Gasteiger partial charge in [0.15, 0.2) is 0 Å². The van der Waals surface area contributed by atoms with Gasteiger partial charge in [-0.15, -0.1) is 5.16 Å². The standard InChI is InChI=1S/C10H10N2O2S/c13-10-12(7-3-6-11-14)8-4-1-2-5-9(8)15-10/h1-2,4-6,14H,3,7H2/b11-6+. The summed E-state index contributed by atoms with van der Waals surface area (Å²) in [5.41, 5.74) is 0.943. The number of para-hydroxylation sites is 1. The molecule has 1 N–H and O–H groups in total. The highest BCUT2D eigenvalue weighted by molar-refractivity contribution is 7.16. The normalized spacial score (nSPS) is 11.5. The lowest BCUT2D eigenvalue weighted by Crippen LogP contribution is -2.12. The van der Waals surface area contributed by atoms with Crippen molar-refractivity contribution in [3.05, 3.63) is 33.9 Å². The molecule has 15 heavy (non-hydrogen) atoms. The van der Waals surface area contributed by atoms with E-state index >= 15 is 0 Å². The van der Waals surface area contributed by atoms with Gasteiger partial charge in [-0.2, -0.15) is 0 Å². The van der Waals surface area contributed by atoms with Crippen LogP contribution >= 0.6 is 11.3 Å². The van der Waals surface area contributed by atoms with Crippen molar-refractivity contribution in [2.24, 2.45) is 5.16 Å². The monoisotopic (exact) mass is 222 g/mol. The molecular weight excluding hydrogens is 212 g/mol. The Labute approximate surface area is 90.1 Å². The molecule has 78 valence electrons. The molecule has 0 aliphatic carbocycles. The summed E-state index contributed by atoms with van der Waals surface area (Å²) < 4.78 is 2.69. The van der Waals surface area contributed by atoms with E-state index < -0.39 is 0 Å². The van der Waals surface area contributed by atoms with Gasteiger partial charge in [-0.3, -0.25) is 9.36 Å². The van der Waals surface area contributed by atoms with Crippen molar-refractivity contribution in [3.8, 4) is 0 Å². The van der Waals surface area contributed by atoms with Gasteiger partial charge >= 0.3 is 4.87 Å². The third kappa shape index (κ3) is 1.92. The number of thiazole rings is 1. The van der Waals surface area contributed by atoms with E-state index in [1.165, 1.54) is 17.6 Å². The largest absolute Gasteiger partial charge is 0.411 e. The van der Waals surface area contributed by atoms with Crippen molar-refractivity contribution in [2.45, 2.75) is 13.0 Å². The molecule has 4 nitrogen and oxygen atoms in total. The molecule has 1 aromatic heterocycles. The van der Waals surface area contributed by atoms with E-state index in [0.29, 0.717) is 13.0 Å². The predicted octanol–water partition coefficient (Wildman–Crippen LogP) is 1.91. The van der Waals surface area contributed by atoms with Gasteiger partial charge < -0.3 is 5.21 Å². The summed E-state index contributed by atoms with van der Waals surface area (Å²) in [6.07, 6.45) is 1.94. The zero-order valence-corrected chi connectivity index (χ0v) is 8.78. The lowest BCUT2D eigenvalue weighted by atomic mass is 10.3. The summed E-state index contributed by atoms with van der Waals surface area (Å²) in [5.74, 6) is 0. The molecule has 0 aliphatic rings. The van der Waals surface area contributed by atoms with E-state index in [-0.39, 0.29) is 4.87 Å². The Kier molecular flexibility index (Phi) is 2.82. The average Bonchev–Trinajstić information content (AvgIpc) is 2.56. The molecular formula is C10H10N2O2S. The van der Waals surface area contributed by atoms with Crippen molar-refractivity contribution < 1.29 is 5.21 Å². The van der Waals surface area contributed by atoms with E-state index in [4.69, 9.17) is 5.21 Å². The molecule has 2 rings (SSSR count). The number of rotatable bonds is 3. The fraction of sp³-hybridized carbons (Fsp3) is 0.200. The quantitative estimate of drug-likeness (QED) is 0.490. The summed E-state index contributed by atoms with van der Waals surface area (Å²) in [4.78, 5) is 11.6. The third-order valence-corrected chi connectivity index (χ3v) is 3.10. The SMILES string of the molecule is O=c1sc2ccccc2n1CC/C=N/O. The molecule has 0 unspecified atom stereocenters.